The monoisotopic (exact) mass is 486 g/mol. The van der Waals surface area contributed by atoms with Crippen molar-refractivity contribution in [1.82, 2.24) is 0 Å². The summed E-state index contributed by atoms with van der Waals surface area (Å²) in [5.41, 5.74) is 0. The molecule has 0 amide bonds. The number of nitrogens with zero attached hydrogens (tertiary/aromatic N) is 2. The zero-order valence-corrected chi connectivity index (χ0v) is 17.5. The Balaban J connectivity index is -0.00000112. The summed E-state index contributed by atoms with van der Waals surface area (Å²) in [6.07, 6.45) is 0.358. The van der Waals surface area contributed by atoms with Crippen molar-refractivity contribution in [3.63, 3.8) is 0 Å². The Bertz CT molecular complexity index is 192. The fourth-order valence-corrected chi connectivity index (χ4v) is 1.68. The van der Waals surface area contributed by atoms with Crippen LogP contribution in [0.2, 0.25) is 0 Å². The third kappa shape index (κ3) is 12.4. The van der Waals surface area contributed by atoms with Gasteiger partial charge in [-0.1, -0.05) is 0 Å². The van der Waals surface area contributed by atoms with Gasteiger partial charge >= 0.3 is 0 Å². The highest BCUT2D eigenvalue weighted by Gasteiger charge is 2.21. The van der Waals surface area contributed by atoms with E-state index in [0.717, 1.165) is 28.7 Å². The molecule has 18 heavy (non-hydrogen) atoms. The van der Waals surface area contributed by atoms with Crippen molar-refractivity contribution in [3.05, 3.63) is 0 Å². The normalized spacial score (nSPS) is 13.5. The van der Waals surface area contributed by atoms with Gasteiger partial charge in [0.15, 0.2) is 0 Å². The molecule has 114 valence electrons. The molecule has 0 aliphatic carbocycles. The third-order valence-electron chi connectivity index (χ3n) is 3.39. The van der Waals surface area contributed by atoms with Gasteiger partial charge in [-0.2, -0.15) is 0 Å². The molecule has 0 radical (unpaired) electrons. The van der Waals surface area contributed by atoms with Crippen molar-refractivity contribution in [2.24, 2.45) is 0 Å². The number of quaternary nitrogens is 2. The summed E-state index contributed by atoms with van der Waals surface area (Å²) in [4.78, 5) is 0. The van der Waals surface area contributed by atoms with E-state index in [9.17, 15) is 0 Å². The van der Waals surface area contributed by atoms with Gasteiger partial charge in [0.25, 0.3) is 0 Å². The van der Waals surface area contributed by atoms with Crippen molar-refractivity contribution in [1.29, 1.82) is 0 Å². The van der Waals surface area contributed by atoms with Crippen LogP contribution in [0, 0.1) is 0 Å². The molecule has 1 unspecified atom stereocenters. The van der Waals surface area contributed by atoms with Gasteiger partial charge in [0.2, 0.25) is 0 Å². The zero-order chi connectivity index (χ0) is 12.8. The number of rotatable bonds is 8. The summed E-state index contributed by atoms with van der Waals surface area (Å²) in [7, 11) is 8.91. The van der Waals surface area contributed by atoms with E-state index in [4.69, 9.17) is 4.74 Å². The molecule has 1 atom stereocenters. The second-order valence-corrected chi connectivity index (χ2v) is 6.13. The first kappa shape index (κ1) is 24.4. The van der Waals surface area contributed by atoms with Gasteiger partial charge in [0, 0.05) is 0 Å². The molecular formula is C13H32I2N2O. The lowest BCUT2D eigenvalue weighted by molar-refractivity contribution is -0.909. The zero-order valence-electron chi connectivity index (χ0n) is 13.2. The van der Waals surface area contributed by atoms with Gasteiger partial charge in [0.1, 0.15) is 19.2 Å². The topological polar surface area (TPSA) is 9.23 Å². The van der Waals surface area contributed by atoms with Gasteiger partial charge in [-0.3, -0.25) is 0 Å². The summed E-state index contributed by atoms with van der Waals surface area (Å²) in [5.74, 6) is 0. The highest BCUT2D eigenvalue weighted by atomic mass is 127. The van der Waals surface area contributed by atoms with Crippen LogP contribution < -0.4 is 48.0 Å². The minimum absolute atomic E-state index is 0. The van der Waals surface area contributed by atoms with Crippen LogP contribution in [0.3, 0.4) is 0 Å². The fraction of sp³-hybridized carbons (Fsp3) is 1.00. The van der Waals surface area contributed by atoms with E-state index in [1.165, 1.54) is 13.1 Å². The fourth-order valence-electron chi connectivity index (χ4n) is 1.68. The van der Waals surface area contributed by atoms with E-state index in [1.54, 1.807) is 0 Å². The molecule has 0 spiro atoms. The number of ether oxygens (including phenoxy) is 1. The molecule has 0 aromatic carbocycles. The second kappa shape index (κ2) is 11.0. The van der Waals surface area contributed by atoms with Gasteiger partial charge in [0.05, 0.1) is 47.9 Å². The highest BCUT2D eigenvalue weighted by molar-refractivity contribution is 4.49. The van der Waals surface area contributed by atoms with E-state index in [1.807, 2.05) is 0 Å². The largest absolute Gasteiger partial charge is 1.00 e. The predicted molar refractivity (Wildman–Crippen MR) is 70.4 cm³/mol. The van der Waals surface area contributed by atoms with Crippen LogP contribution in [0.4, 0.5) is 0 Å². The molecule has 0 N–H and O–H groups in total. The smallest absolute Gasteiger partial charge is 0.105 e. The standard InChI is InChI=1S/C13H32N2O.2HI/c1-8-15(7,9-2)12-13(3)16-11-10-14(4,5)6;;/h13H,8-12H2,1-7H3;2*1H/q+2;;/p-2. The molecule has 0 heterocycles. The Labute approximate surface area is 148 Å². The Morgan fingerprint density at radius 3 is 1.72 bits per heavy atom. The number of hydrogen-bond donors (Lipinski definition) is 0. The van der Waals surface area contributed by atoms with Crippen molar-refractivity contribution >= 4 is 0 Å². The van der Waals surface area contributed by atoms with Crippen molar-refractivity contribution in [2.45, 2.75) is 26.9 Å². The maximum Gasteiger partial charge on any atom is 0.105 e. The SMILES string of the molecule is CC[N+](C)(CC)CC(C)OCC[N+](C)(C)C.[I-].[I-]. The van der Waals surface area contributed by atoms with E-state index in [0.29, 0.717) is 6.10 Å². The lowest BCUT2D eigenvalue weighted by Crippen LogP contribution is -3.00. The predicted octanol–water partition coefficient (Wildman–Crippen LogP) is -4.41. The van der Waals surface area contributed by atoms with Crippen LogP contribution in [-0.2, 0) is 4.74 Å². The van der Waals surface area contributed by atoms with Gasteiger partial charge in [-0.15, -0.1) is 0 Å². The Kier molecular flexibility index (Phi) is 15.0. The molecule has 0 aliphatic rings. The molecule has 5 heteroatoms. The first-order valence-electron chi connectivity index (χ1n) is 6.48. The maximum absolute atomic E-state index is 5.89. The van der Waals surface area contributed by atoms with Gasteiger partial charge in [-0.25, -0.2) is 0 Å². The minimum atomic E-state index is 0. The Morgan fingerprint density at radius 1 is 0.944 bits per heavy atom. The number of halogens is 2. The van der Waals surface area contributed by atoms with Crippen LogP contribution in [0.25, 0.3) is 0 Å². The summed E-state index contributed by atoms with van der Waals surface area (Å²) in [6.45, 7) is 12.1. The number of likely N-dealkylation sites (N-methyl/N-ethyl adjacent to an activating group) is 2. The quantitative estimate of drug-likeness (QED) is 0.249. The van der Waals surface area contributed by atoms with Crippen LogP contribution >= 0.6 is 0 Å². The highest BCUT2D eigenvalue weighted by Crippen LogP contribution is 2.06. The second-order valence-electron chi connectivity index (χ2n) is 6.13. The van der Waals surface area contributed by atoms with E-state index < -0.39 is 0 Å². The van der Waals surface area contributed by atoms with Crippen molar-refractivity contribution in [2.75, 3.05) is 61.0 Å². The summed E-state index contributed by atoms with van der Waals surface area (Å²) >= 11 is 0. The van der Waals surface area contributed by atoms with Crippen LogP contribution in [-0.4, -0.2) is 76.0 Å². The Hall–Kier alpha value is 1.34. The lowest BCUT2D eigenvalue weighted by Gasteiger charge is -2.34. The summed E-state index contributed by atoms with van der Waals surface area (Å²) < 4.78 is 7.96. The lowest BCUT2D eigenvalue weighted by atomic mass is 10.3. The molecule has 0 aromatic rings. The van der Waals surface area contributed by atoms with Crippen LogP contribution in [0.1, 0.15) is 20.8 Å². The van der Waals surface area contributed by atoms with Crippen LogP contribution in [0.15, 0.2) is 0 Å². The first-order chi connectivity index (χ1) is 7.22. The van der Waals surface area contributed by atoms with Gasteiger partial charge < -0.3 is 61.7 Å². The van der Waals surface area contributed by atoms with Crippen molar-refractivity contribution in [3.8, 4) is 0 Å². The molecular weight excluding hydrogens is 454 g/mol. The van der Waals surface area contributed by atoms with E-state index >= 15 is 0 Å². The third-order valence-corrected chi connectivity index (χ3v) is 3.39. The molecule has 0 saturated carbocycles. The average Bonchev–Trinajstić information content (AvgIpc) is 2.15. The average molecular weight is 486 g/mol. The molecule has 0 aromatic heterocycles. The minimum Gasteiger partial charge on any atom is -1.00 e. The molecule has 3 nitrogen and oxygen atoms in total. The number of hydrogen-bond acceptors (Lipinski definition) is 1. The van der Waals surface area contributed by atoms with Crippen LogP contribution in [0.5, 0.6) is 0 Å². The van der Waals surface area contributed by atoms with E-state index in [2.05, 4.69) is 49.0 Å². The van der Waals surface area contributed by atoms with Crippen molar-refractivity contribution < 1.29 is 61.7 Å². The molecule has 0 saturated heterocycles. The molecule has 0 fully saturated rings. The van der Waals surface area contributed by atoms with Gasteiger partial charge in [-0.05, 0) is 20.8 Å². The molecule has 0 aliphatic heterocycles. The summed E-state index contributed by atoms with van der Waals surface area (Å²) in [5, 5.41) is 0. The molecule has 0 bridgehead atoms. The molecule has 0 rings (SSSR count). The Morgan fingerprint density at radius 2 is 1.39 bits per heavy atom. The first-order valence-corrected chi connectivity index (χ1v) is 6.48. The summed E-state index contributed by atoms with van der Waals surface area (Å²) in [6, 6.07) is 0. The van der Waals surface area contributed by atoms with E-state index in [-0.39, 0.29) is 48.0 Å². The maximum atomic E-state index is 5.89.